The smallest absolute Gasteiger partial charge is 0.0726 e. The number of para-hydroxylation sites is 1. The summed E-state index contributed by atoms with van der Waals surface area (Å²) in [6.45, 7) is 2.17. The van der Waals surface area contributed by atoms with Gasteiger partial charge < -0.3 is 11.5 Å². The molecule has 1 aliphatic rings. The van der Waals surface area contributed by atoms with Gasteiger partial charge in [-0.25, -0.2) is 0 Å². The van der Waals surface area contributed by atoms with Crippen molar-refractivity contribution >= 4 is 16.6 Å². The zero-order valence-corrected chi connectivity index (χ0v) is 11.4. The van der Waals surface area contributed by atoms with Gasteiger partial charge in [0.25, 0.3) is 0 Å². The maximum absolute atomic E-state index is 6.65. The van der Waals surface area contributed by atoms with Crippen LogP contribution in [0.1, 0.15) is 43.9 Å². The van der Waals surface area contributed by atoms with Crippen LogP contribution in [0.4, 0.5) is 5.69 Å². The molecule has 0 bridgehead atoms. The molecule has 1 aromatic heterocycles. The Morgan fingerprint density at radius 1 is 1.32 bits per heavy atom. The van der Waals surface area contributed by atoms with E-state index in [1.54, 1.807) is 0 Å². The van der Waals surface area contributed by atoms with E-state index in [0.717, 1.165) is 60.0 Å². The first kappa shape index (κ1) is 12.4. The number of pyridine rings is 1. The molecule has 1 unspecified atom stereocenters. The number of rotatable bonds is 2. The third-order valence-electron chi connectivity index (χ3n) is 4.24. The van der Waals surface area contributed by atoms with E-state index in [1.165, 1.54) is 0 Å². The third kappa shape index (κ3) is 1.89. The molecular formula is C16H21N3. The quantitative estimate of drug-likeness (QED) is 0.866. The molecule has 3 rings (SSSR count). The Morgan fingerprint density at radius 3 is 2.89 bits per heavy atom. The van der Waals surface area contributed by atoms with Crippen LogP contribution in [0.15, 0.2) is 24.3 Å². The molecule has 4 N–H and O–H groups in total. The zero-order chi connectivity index (χ0) is 13.5. The number of nitrogen functional groups attached to an aromatic ring is 1. The number of hydrogen-bond donors (Lipinski definition) is 2. The Labute approximate surface area is 114 Å². The van der Waals surface area contributed by atoms with Gasteiger partial charge in [0.1, 0.15) is 0 Å². The van der Waals surface area contributed by atoms with Gasteiger partial charge in [0.05, 0.1) is 5.52 Å². The van der Waals surface area contributed by atoms with Crippen molar-refractivity contribution in [2.24, 2.45) is 5.73 Å². The van der Waals surface area contributed by atoms with Gasteiger partial charge in [-0.3, -0.25) is 4.98 Å². The molecule has 0 fully saturated rings. The lowest BCUT2D eigenvalue weighted by molar-refractivity contribution is 0.341. The predicted octanol–water partition coefficient (Wildman–Crippen LogP) is 3.11. The molecule has 1 aromatic carbocycles. The van der Waals surface area contributed by atoms with Gasteiger partial charge >= 0.3 is 0 Å². The largest absolute Gasteiger partial charge is 0.398 e. The van der Waals surface area contributed by atoms with E-state index < -0.39 is 0 Å². The zero-order valence-electron chi connectivity index (χ0n) is 11.4. The Kier molecular flexibility index (Phi) is 2.94. The molecule has 0 saturated heterocycles. The molecule has 19 heavy (non-hydrogen) atoms. The van der Waals surface area contributed by atoms with Crippen molar-refractivity contribution < 1.29 is 0 Å². The molecule has 3 heteroatoms. The summed E-state index contributed by atoms with van der Waals surface area (Å²) >= 11 is 0. The normalized spacial score (nSPS) is 22.4. The molecular weight excluding hydrogens is 234 g/mol. The van der Waals surface area contributed by atoms with Crippen molar-refractivity contribution in [1.82, 2.24) is 4.98 Å². The second-order valence-corrected chi connectivity index (χ2v) is 5.62. The van der Waals surface area contributed by atoms with Gasteiger partial charge in [0.2, 0.25) is 0 Å². The Morgan fingerprint density at radius 2 is 2.11 bits per heavy atom. The van der Waals surface area contributed by atoms with Crippen molar-refractivity contribution in [2.45, 2.75) is 44.6 Å². The van der Waals surface area contributed by atoms with E-state index in [4.69, 9.17) is 16.5 Å². The first-order valence-corrected chi connectivity index (χ1v) is 7.12. The molecule has 3 nitrogen and oxygen atoms in total. The Bertz CT molecular complexity index is 621. The van der Waals surface area contributed by atoms with Crippen LogP contribution in [0, 0.1) is 0 Å². The van der Waals surface area contributed by atoms with Crippen molar-refractivity contribution in [2.75, 3.05) is 5.73 Å². The molecule has 1 heterocycles. The molecule has 2 aromatic rings. The average molecular weight is 255 g/mol. The fourth-order valence-corrected chi connectivity index (χ4v) is 3.42. The van der Waals surface area contributed by atoms with Crippen LogP contribution in [-0.4, -0.2) is 4.98 Å². The number of nitrogens with two attached hydrogens (primary N) is 2. The first-order valence-electron chi connectivity index (χ1n) is 7.12. The van der Waals surface area contributed by atoms with Gasteiger partial charge in [-0.15, -0.1) is 0 Å². The van der Waals surface area contributed by atoms with Gasteiger partial charge in [-0.05, 0) is 31.7 Å². The van der Waals surface area contributed by atoms with Gasteiger partial charge in [-0.1, -0.05) is 31.5 Å². The summed E-state index contributed by atoms with van der Waals surface area (Å²) in [5.74, 6) is 0. The fraction of sp³-hybridized carbons (Fsp3) is 0.438. The summed E-state index contributed by atoms with van der Waals surface area (Å²) in [4.78, 5) is 4.79. The topological polar surface area (TPSA) is 64.9 Å². The van der Waals surface area contributed by atoms with Crippen molar-refractivity contribution in [3.8, 4) is 0 Å². The van der Waals surface area contributed by atoms with Crippen molar-refractivity contribution in [1.29, 1.82) is 0 Å². The standard InChI is InChI=1S/C16H21N3/c1-2-9-16(18)10-5-8-13-14(16)15(17)11-6-3-4-7-12(11)19-13/h3-4,6-7H,2,5,8-10,18H2,1H3,(H2,17,19). The Balaban J connectivity index is 2.28. The predicted molar refractivity (Wildman–Crippen MR) is 79.9 cm³/mol. The molecule has 1 aliphatic carbocycles. The van der Waals surface area contributed by atoms with Gasteiger partial charge in [0.15, 0.2) is 0 Å². The van der Waals surface area contributed by atoms with Crippen LogP contribution < -0.4 is 11.5 Å². The van der Waals surface area contributed by atoms with Crippen LogP contribution >= 0.6 is 0 Å². The van der Waals surface area contributed by atoms with Crippen LogP contribution in [0.25, 0.3) is 10.9 Å². The maximum Gasteiger partial charge on any atom is 0.0726 e. The van der Waals surface area contributed by atoms with E-state index in [-0.39, 0.29) is 5.54 Å². The summed E-state index contributed by atoms with van der Waals surface area (Å²) in [6, 6.07) is 8.08. The Hall–Kier alpha value is -1.61. The van der Waals surface area contributed by atoms with Crippen LogP contribution in [0.3, 0.4) is 0 Å². The molecule has 0 amide bonds. The van der Waals surface area contributed by atoms with Gasteiger partial charge in [-0.2, -0.15) is 0 Å². The highest BCUT2D eigenvalue weighted by atomic mass is 14.8. The monoisotopic (exact) mass is 255 g/mol. The minimum Gasteiger partial charge on any atom is -0.398 e. The van der Waals surface area contributed by atoms with Crippen LogP contribution in [0.5, 0.6) is 0 Å². The van der Waals surface area contributed by atoms with Crippen LogP contribution in [0.2, 0.25) is 0 Å². The number of anilines is 1. The molecule has 0 saturated carbocycles. The summed E-state index contributed by atoms with van der Waals surface area (Å²) in [5, 5.41) is 1.04. The second kappa shape index (κ2) is 4.49. The second-order valence-electron chi connectivity index (χ2n) is 5.62. The SMILES string of the molecule is CCCC1(N)CCCc2nc3ccccc3c(N)c21. The lowest BCUT2D eigenvalue weighted by Crippen LogP contribution is -2.41. The fourth-order valence-electron chi connectivity index (χ4n) is 3.42. The summed E-state index contributed by atoms with van der Waals surface area (Å²) < 4.78 is 0. The van der Waals surface area contributed by atoms with E-state index in [9.17, 15) is 0 Å². The highest BCUT2D eigenvalue weighted by Gasteiger charge is 2.35. The molecule has 1 atom stereocenters. The maximum atomic E-state index is 6.65. The van der Waals surface area contributed by atoms with E-state index in [1.807, 2.05) is 24.3 Å². The highest BCUT2D eigenvalue weighted by molar-refractivity contribution is 5.92. The van der Waals surface area contributed by atoms with Crippen molar-refractivity contribution in [3.05, 3.63) is 35.5 Å². The number of aryl methyl sites for hydroxylation is 1. The summed E-state index contributed by atoms with van der Waals surface area (Å²) in [7, 11) is 0. The van der Waals surface area contributed by atoms with Crippen molar-refractivity contribution in [3.63, 3.8) is 0 Å². The van der Waals surface area contributed by atoms with E-state index >= 15 is 0 Å². The molecule has 0 radical (unpaired) electrons. The summed E-state index contributed by atoms with van der Waals surface area (Å²) in [6.07, 6.45) is 5.16. The molecule has 0 spiro atoms. The van der Waals surface area contributed by atoms with E-state index in [0.29, 0.717) is 0 Å². The summed E-state index contributed by atoms with van der Waals surface area (Å²) in [5.41, 5.74) is 16.8. The van der Waals surface area contributed by atoms with Gasteiger partial charge in [0, 0.05) is 27.9 Å². The number of nitrogens with zero attached hydrogens (tertiary/aromatic N) is 1. The highest BCUT2D eigenvalue weighted by Crippen LogP contribution is 2.41. The first-order chi connectivity index (χ1) is 9.15. The third-order valence-corrected chi connectivity index (χ3v) is 4.24. The van der Waals surface area contributed by atoms with Crippen LogP contribution in [-0.2, 0) is 12.0 Å². The average Bonchev–Trinajstić information content (AvgIpc) is 2.39. The van der Waals surface area contributed by atoms with E-state index in [2.05, 4.69) is 6.92 Å². The number of benzene rings is 1. The molecule has 0 aliphatic heterocycles. The number of hydrogen-bond acceptors (Lipinski definition) is 3. The minimum atomic E-state index is -0.288. The molecule has 100 valence electrons. The number of fused-ring (bicyclic) bond motifs is 2. The lowest BCUT2D eigenvalue weighted by atomic mass is 9.75. The number of aromatic nitrogens is 1. The lowest BCUT2D eigenvalue weighted by Gasteiger charge is -2.36. The minimum absolute atomic E-state index is 0.288.